The third-order valence-corrected chi connectivity index (χ3v) is 9.20. The van der Waals surface area contributed by atoms with Crippen molar-refractivity contribution in [3.8, 4) is 0 Å². The van der Waals surface area contributed by atoms with Crippen molar-refractivity contribution in [1.82, 2.24) is 4.98 Å². The number of aliphatic hydroxyl groups is 1. The first kappa shape index (κ1) is 18.4. The number of hydrogen-bond acceptors (Lipinski definition) is 3. The minimum atomic E-state index is -0.231. The average Bonchev–Trinajstić information content (AvgIpc) is 3.28. The van der Waals surface area contributed by atoms with Crippen LogP contribution in [0.25, 0.3) is 10.8 Å². The Hall–Kier alpha value is -2.23. The first-order valence-corrected chi connectivity index (χ1v) is 11.8. The molecule has 2 unspecified atom stereocenters. The Morgan fingerprint density at radius 2 is 2.06 bits per heavy atom. The number of benzene rings is 1. The first-order chi connectivity index (χ1) is 15.0. The largest absolute Gasteiger partial charge is 0.393 e. The van der Waals surface area contributed by atoms with Gasteiger partial charge in [-0.15, -0.1) is 0 Å². The van der Waals surface area contributed by atoms with Crippen LogP contribution in [0.5, 0.6) is 0 Å². The fourth-order valence-corrected chi connectivity index (χ4v) is 7.63. The lowest BCUT2D eigenvalue weighted by Gasteiger charge is -2.54. The number of rotatable bonds is 1. The van der Waals surface area contributed by atoms with Gasteiger partial charge in [-0.05, 0) is 71.7 Å². The van der Waals surface area contributed by atoms with Crippen molar-refractivity contribution >= 4 is 10.8 Å². The molecule has 6 atom stereocenters. The maximum atomic E-state index is 10.4. The standard InChI is InChI=1S/C28H29NO2/c1-26-10-8-22-15-21-4-5-23(30)16-27(21)11-12-28(22,31-27)25(26)7-6-24(26)19-3-2-18-9-13-29-17-20(18)14-19/h2-3,6-9,13-15,17,23-25,30H,4-5,10-12,16H2,1H3/t23-,24?,25-,26?,27-,28-/m1/s1. The summed E-state index contributed by atoms with van der Waals surface area (Å²) >= 11 is 0. The van der Waals surface area contributed by atoms with Crippen LogP contribution in [0, 0.1) is 11.3 Å². The molecular weight excluding hydrogens is 382 g/mol. The van der Waals surface area contributed by atoms with Crippen LogP contribution in [-0.2, 0) is 4.74 Å². The van der Waals surface area contributed by atoms with Gasteiger partial charge >= 0.3 is 0 Å². The molecule has 158 valence electrons. The summed E-state index contributed by atoms with van der Waals surface area (Å²) in [4.78, 5) is 4.33. The van der Waals surface area contributed by atoms with Crippen molar-refractivity contribution in [2.75, 3.05) is 0 Å². The quantitative estimate of drug-likeness (QED) is 0.620. The molecule has 1 N–H and O–H groups in total. The van der Waals surface area contributed by atoms with Gasteiger partial charge in [0.1, 0.15) is 5.60 Å². The molecule has 3 nitrogen and oxygen atoms in total. The fourth-order valence-electron chi connectivity index (χ4n) is 7.63. The van der Waals surface area contributed by atoms with E-state index >= 15 is 0 Å². The zero-order chi connectivity index (χ0) is 20.8. The van der Waals surface area contributed by atoms with Crippen LogP contribution in [0.2, 0.25) is 0 Å². The van der Waals surface area contributed by atoms with E-state index < -0.39 is 0 Å². The number of aliphatic hydroxyl groups excluding tert-OH is 1. The minimum absolute atomic E-state index is 0.101. The molecule has 31 heavy (non-hydrogen) atoms. The summed E-state index contributed by atoms with van der Waals surface area (Å²) < 4.78 is 7.13. The molecule has 0 amide bonds. The summed E-state index contributed by atoms with van der Waals surface area (Å²) in [5, 5.41) is 12.9. The number of fused-ring (bicyclic) bond motifs is 2. The summed E-state index contributed by atoms with van der Waals surface area (Å²) in [6.45, 7) is 2.46. The van der Waals surface area contributed by atoms with Crippen molar-refractivity contribution in [2.45, 2.75) is 68.7 Å². The first-order valence-electron chi connectivity index (χ1n) is 11.8. The lowest BCUT2D eigenvalue weighted by Crippen LogP contribution is -2.54. The van der Waals surface area contributed by atoms with Crippen LogP contribution in [0.1, 0.15) is 56.9 Å². The monoisotopic (exact) mass is 411 g/mol. The van der Waals surface area contributed by atoms with E-state index in [0.29, 0.717) is 11.8 Å². The van der Waals surface area contributed by atoms with E-state index in [9.17, 15) is 5.11 Å². The highest BCUT2D eigenvalue weighted by molar-refractivity contribution is 5.82. The Morgan fingerprint density at radius 3 is 3.00 bits per heavy atom. The third-order valence-electron chi connectivity index (χ3n) is 9.20. The van der Waals surface area contributed by atoms with Crippen molar-refractivity contribution < 1.29 is 9.84 Å². The van der Waals surface area contributed by atoms with Crippen molar-refractivity contribution in [3.63, 3.8) is 0 Å². The van der Waals surface area contributed by atoms with Gasteiger partial charge in [-0.1, -0.05) is 43.4 Å². The van der Waals surface area contributed by atoms with Crippen molar-refractivity contribution in [3.05, 3.63) is 77.7 Å². The van der Waals surface area contributed by atoms with E-state index in [2.05, 4.69) is 60.5 Å². The smallest absolute Gasteiger partial charge is 0.101 e. The van der Waals surface area contributed by atoms with Gasteiger partial charge in [-0.2, -0.15) is 0 Å². The highest BCUT2D eigenvalue weighted by Crippen LogP contribution is 2.67. The molecule has 3 heteroatoms. The van der Waals surface area contributed by atoms with Crippen LogP contribution in [0.15, 0.2) is 72.1 Å². The highest BCUT2D eigenvalue weighted by atomic mass is 16.5. The van der Waals surface area contributed by atoms with E-state index in [1.54, 1.807) is 0 Å². The lowest BCUT2D eigenvalue weighted by molar-refractivity contribution is -0.137. The van der Waals surface area contributed by atoms with E-state index in [0.717, 1.165) is 38.5 Å². The van der Waals surface area contributed by atoms with Crippen molar-refractivity contribution in [1.29, 1.82) is 0 Å². The summed E-state index contributed by atoms with van der Waals surface area (Å²) in [5.41, 5.74) is 3.86. The summed E-state index contributed by atoms with van der Waals surface area (Å²) in [5.74, 6) is 0.739. The molecule has 2 bridgehead atoms. The predicted molar refractivity (Wildman–Crippen MR) is 122 cm³/mol. The molecule has 2 spiro atoms. The second-order valence-electron chi connectivity index (χ2n) is 10.7. The summed E-state index contributed by atoms with van der Waals surface area (Å²) in [7, 11) is 0. The fraction of sp³-hybridized carbons (Fsp3) is 0.464. The number of allylic oxidation sites excluding steroid dienone is 2. The molecule has 1 aromatic carbocycles. The number of nitrogens with zero attached hydrogens (tertiary/aromatic N) is 1. The number of ether oxygens (including phenoxy) is 1. The van der Waals surface area contributed by atoms with E-state index in [1.165, 1.54) is 27.5 Å². The topological polar surface area (TPSA) is 42.4 Å². The Balaban J connectivity index is 1.32. The summed E-state index contributed by atoms with van der Waals surface area (Å²) in [6.07, 6.45) is 19.2. The maximum Gasteiger partial charge on any atom is 0.101 e. The van der Waals surface area contributed by atoms with E-state index in [-0.39, 0.29) is 22.7 Å². The molecule has 3 heterocycles. The Bertz CT molecular complexity index is 1190. The van der Waals surface area contributed by atoms with Gasteiger partial charge in [0.05, 0.1) is 11.7 Å². The second-order valence-corrected chi connectivity index (χ2v) is 10.7. The molecule has 1 saturated carbocycles. The van der Waals surface area contributed by atoms with Gasteiger partial charge in [-0.25, -0.2) is 0 Å². The highest BCUT2D eigenvalue weighted by Gasteiger charge is 2.65. The number of pyridine rings is 1. The molecule has 2 aliphatic heterocycles. The van der Waals surface area contributed by atoms with Gasteiger partial charge in [0.15, 0.2) is 0 Å². The van der Waals surface area contributed by atoms with E-state index in [1.807, 2.05) is 12.4 Å². The molecular formula is C28H29NO2. The molecule has 7 rings (SSSR count). The SMILES string of the molecule is CC12CC=C3C=C4CC[C@@H](O)C[C@]45CC[C@]3(O5)[C@@H]1C=CC2c1ccc2ccncc2c1. The zero-order valence-electron chi connectivity index (χ0n) is 18.1. The Kier molecular flexibility index (Phi) is 3.53. The Morgan fingerprint density at radius 1 is 1.13 bits per heavy atom. The van der Waals surface area contributed by atoms with Crippen LogP contribution in [0.3, 0.4) is 0 Å². The predicted octanol–water partition coefficient (Wildman–Crippen LogP) is 5.61. The summed E-state index contributed by atoms with van der Waals surface area (Å²) in [6, 6.07) is 8.95. The van der Waals surface area contributed by atoms with Gasteiger partial charge in [0, 0.05) is 36.0 Å². The number of hydrogen-bond donors (Lipinski definition) is 1. The molecule has 1 saturated heterocycles. The normalized spacial score (nSPS) is 42.6. The lowest BCUT2D eigenvalue weighted by atomic mass is 9.57. The molecule has 2 aromatic rings. The molecule has 0 radical (unpaired) electrons. The van der Waals surface area contributed by atoms with Gasteiger partial charge in [0.2, 0.25) is 0 Å². The van der Waals surface area contributed by atoms with Gasteiger partial charge in [0.25, 0.3) is 0 Å². The van der Waals surface area contributed by atoms with Crippen LogP contribution < -0.4 is 0 Å². The average molecular weight is 412 g/mol. The van der Waals surface area contributed by atoms with Crippen LogP contribution in [-0.4, -0.2) is 27.4 Å². The molecule has 3 aliphatic carbocycles. The third kappa shape index (κ3) is 2.29. The van der Waals surface area contributed by atoms with Crippen molar-refractivity contribution in [2.24, 2.45) is 11.3 Å². The minimum Gasteiger partial charge on any atom is -0.393 e. The van der Waals surface area contributed by atoms with Gasteiger partial charge < -0.3 is 9.84 Å². The maximum absolute atomic E-state index is 10.4. The van der Waals surface area contributed by atoms with Crippen LogP contribution in [0.4, 0.5) is 0 Å². The van der Waals surface area contributed by atoms with Gasteiger partial charge in [-0.3, -0.25) is 4.98 Å². The van der Waals surface area contributed by atoms with Crippen LogP contribution >= 0.6 is 0 Å². The molecule has 5 aliphatic rings. The van der Waals surface area contributed by atoms with E-state index in [4.69, 9.17) is 4.74 Å². The second kappa shape index (κ2) is 5.96. The molecule has 2 fully saturated rings. The number of aromatic nitrogens is 1. The zero-order valence-corrected chi connectivity index (χ0v) is 18.1. The Labute approximate surface area is 183 Å². The molecule has 1 aromatic heterocycles.